The van der Waals surface area contributed by atoms with E-state index in [1.165, 1.54) is 44.1 Å². The molecule has 1 saturated carbocycles. The number of nitrogens with zero attached hydrogens (tertiary/aromatic N) is 1. The van der Waals surface area contributed by atoms with Crippen molar-refractivity contribution in [3.8, 4) is 0 Å². The van der Waals surface area contributed by atoms with Crippen molar-refractivity contribution in [3.05, 3.63) is 35.9 Å². The summed E-state index contributed by atoms with van der Waals surface area (Å²) in [6.45, 7) is 9.34. The van der Waals surface area contributed by atoms with Gasteiger partial charge in [-0.1, -0.05) is 76.3 Å². The van der Waals surface area contributed by atoms with Gasteiger partial charge in [0.15, 0.2) is 0 Å². The average molecular weight is 516 g/mol. The molecule has 1 aromatic carbocycles. The summed E-state index contributed by atoms with van der Waals surface area (Å²) in [6.07, 6.45) is 11.9. The minimum absolute atomic E-state index is 0.00407. The van der Waals surface area contributed by atoms with Crippen molar-refractivity contribution in [3.63, 3.8) is 0 Å². The van der Waals surface area contributed by atoms with Crippen LogP contribution in [-0.2, 0) is 9.47 Å². The number of urea groups is 1. The highest BCUT2D eigenvalue weighted by molar-refractivity contribution is 5.74. The summed E-state index contributed by atoms with van der Waals surface area (Å²) in [6, 6.07) is 10.8. The Labute approximate surface area is 226 Å². The normalized spacial score (nSPS) is 20.6. The lowest BCUT2D eigenvalue weighted by molar-refractivity contribution is -0.0168. The maximum absolute atomic E-state index is 13.5. The summed E-state index contributed by atoms with van der Waals surface area (Å²) in [5.74, 6) is 1.73. The summed E-state index contributed by atoms with van der Waals surface area (Å²) in [7, 11) is 1.73. The smallest absolute Gasteiger partial charge is 0.317 e. The number of hydrogen-bond acceptors (Lipinski definition) is 4. The number of amides is 2. The maximum atomic E-state index is 13.5. The van der Waals surface area contributed by atoms with Crippen LogP contribution >= 0.6 is 0 Å². The van der Waals surface area contributed by atoms with Gasteiger partial charge in [-0.2, -0.15) is 0 Å². The first kappa shape index (κ1) is 29.9. The number of piperidine rings is 1. The van der Waals surface area contributed by atoms with Crippen LogP contribution in [0.15, 0.2) is 30.3 Å². The monoisotopic (exact) mass is 515 g/mol. The lowest BCUT2D eigenvalue weighted by Crippen LogP contribution is -2.52. The van der Waals surface area contributed by atoms with Crippen LogP contribution in [0.5, 0.6) is 0 Å². The number of hydrogen-bond donors (Lipinski definition) is 2. The van der Waals surface area contributed by atoms with Gasteiger partial charge in [-0.3, -0.25) is 0 Å². The van der Waals surface area contributed by atoms with Gasteiger partial charge in [-0.15, -0.1) is 0 Å². The number of ether oxygens (including phenoxy) is 2. The van der Waals surface area contributed by atoms with Gasteiger partial charge in [0.25, 0.3) is 0 Å². The Balaban J connectivity index is 1.59. The van der Waals surface area contributed by atoms with E-state index >= 15 is 0 Å². The fourth-order valence-corrected chi connectivity index (χ4v) is 5.95. The summed E-state index contributed by atoms with van der Waals surface area (Å²) < 4.78 is 11.6. The number of rotatable bonds is 15. The fraction of sp³-hybridized carbons (Fsp3) is 0.774. The van der Waals surface area contributed by atoms with Crippen LogP contribution in [0.1, 0.15) is 89.7 Å². The molecule has 1 heterocycles. The Bertz CT molecular complexity index is 738. The first-order valence-corrected chi connectivity index (χ1v) is 15.0. The number of nitrogens with one attached hydrogen (secondary N) is 2. The first-order valence-electron chi connectivity index (χ1n) is 15.0. The number of likely N-dealkylation sites (tertiary alicyclic amines) is 1. The van der Waals surface area contributed by atoms with E-state index < -0.39 is 0 Å². The third kappa shape index (κ3) is 10.9. The van der Waals surface area contributed by atoms with E-state index in [2.05, 4.69) is 48.7 Å². The summed E-state index contributed by atoms with van der Waals surface area (Å²) >= 11 is 0. The highest BCUT2D eigenvalue weighted by atomic mass is 16.5. The van der Waals surface area contributed by atoms with Crippen LogP contribution in [0.25, 0.3) is 0 Å². The predicted molar refractivity (Wildman–Crippen MR) is 152 cm³/mol. The van der Waals surface area contributed by atoms with Gasteiger partial charge in [0.05, 0.1) is 6.10 Å². The molecule has 2 N–H and O–H groups in total. The molecule has 2 fully saturated rings. The molecule has 1 aliphatic carbocycles. The largest absolute Gasteiger partial charge is 0.385 e. The SMILES string of the molecule is COCCCOC(c1ccccc1)C1CCCN(C(=O)NC(CNCCC(C)C)CC2CCCCC2)C1. The Morgan fingerprint density at radius 2 is 1.84 bits per heavy atom. The molecule has 3 atom stereocenters. The van der Waals surface area contributed by atoms with E-state index in [1.807, 2.05) is 11.0 Å². The molecule has 210 valence electrons. The van der Waals surface area contributed by atoms with Crippen molar-refractivity contribution in [2.45, 2.75) is 90.2 Å². The van der Waals surface area contributed by atoms with Crippen molar-refractivity contribution in [1.82, 2.24) is 15.5 Å². The minimum atomic E-state index is 0.00407. The van der Waals surface area contributed by atoms with Gasteiger partial charge >= 0.3 is 6.03 Å². The van der Waals surface area contributed by atoms with Crippen LogP contribution in [0.3, 0.4) is 0 Å². The maximum Gasteiger partial charge on any atom is 0.317 e. The molecule has 0 aromatic heterocycles. The molecule has 37 heavy (non-hydrogen) atoms. The second-order valence-electron chi connectivity index (χ2n) is 11.7. The van der Waals surface area contributed by atoms with E-state index in [4.69, 9.17) is 9.47 Å². The number of benzene rings is 1. The van der Waals surface area contributed by atoms with E-state index in [-0.39, 0.29) is 18.2 Å². The predicted octanol–water partition coefficient (Wildman–Crippen LogP) is 6.18. The summed E-state index contributed by atoms with van der Waals surface area (Å²) in [4.78, 5) is 15.6. The van der Waals surface area contributed by atoms with Crippen molar-refractivity contribution < 1.29 is 14.3 Å². The molecular weight excluding hydrogens is 462 g/mol. The third-order valence-electron chi connectivity index (χ3n) is 8.05. The van der Waals surface area contributed by atoms with Crippen LogP contribution < -0.4 is 10.6 Å². The molecule has 6 nitrogen and oxygen atoms in total. The average Bonchev–Trinajstić information content (AvgIpc) is 2.92. The fourth-order valence-electron chi connectivity index (χ4n) is 5.95. The van der Waals surface area contributed by atoms with Crippen molar-refractivity contribution >= 4 is 6.03 Å². The second kappa shape index (κ2) is 17.1. The molecule has 6 heteroatoms. The standard InChI is InChI=1S/C31H53N3O3/c1-25(2)17-18-32-23-29(22-26-12-6-4-7-13-26)33-31(35)34-19-10-16-28(24-34)30(37-21-11-20-36-3)27-14-8-5-9-15-27/h5,8-9,14-15,25-26,28-30,32H,4,6-7,10-13,16-24H2,1-3H3,(H,33,35). The topological polar surface area (TPSA) is 62.8 Å². The number of carbonyl (C=O) groups excluding carboxylic acids is 1. The number of methoxy groups -OCH3 is 1. The van der Waals surface area contributed by atoms with Gasteiger partial charge in [0, 0.05) is 51.9 Å². The van der Waals surface area contributed by atoms with Crippen molar-refractivity contribution in [2.24, 2.45) is 17.8 Å². The molecule has 2 amide bonds. The lowest BCUT2D eigenvalue weighted by Gasteiger charge is -2.38. The molecule has 3 rings (SSSR count). The molecule has 3 unspecified atom stereocenters. The summed E-state index contributed by atoms with van der Waals surface area (Å²) in [5.41, 5.74) is 1.21. The Morgan fingerprint density at radius 3 is 2.57 bits per heavy atom. The van der Waals surface area contributed by atoms with E-state index in [0.717, 1.165) is 57.8 Å². The number of carbonyl (C=O) groups is 1. The minimum Gasteiger partial charge on any atom is -0.385 e. The van der Waals surface area contributed by atoms with E-state index in [1.54, 1.807) is 7.11 Å². The van der Waals surface area contributed by atoms with Gasteiger partial charge in [0.1, 0.15) is 0 Å². The zero-order valence-corrected chi connectivity index (χ0v) is 23.8. The van der Waals surface area contributed by atoms with Crippen molar-refractivity contribution in [1.29, 1.82) is 0 Å². The van der Waals surface area contributed by atoms with Crippen molar-refractivity contribution in [2.75, 3.05) is 46.5 Å². The van der Waals surface area contributed by atoms with Gasteiger partial charge < -0.3 is 25.0 Å². The summed E-state index contributed by atoms with van der Waals surface area (Å²) in [5, 5.41) is 7.08. The highest BCUT2D eigenvalue weighted by Crippen LogP contribution is 2.33. The quantitative estimate of drug-likeness (QED) is 0.274. The molecule has 0 bridgehead atoms. The molecule has 1 aliphatic heterocycles. The molecule has 1 saturated heterocycles. The Morgan fingerprint density at radius 1 is 1.05 bits per heavy atom. The molecular formula is C31H53N3O3. The van der Waals surface area contributed by atoms with Gasteiger partial charge in [0.2, 0.25) is 0 Å². The molecule has 0 radical (unpaired) electrons. The second-order valence-corrected chi connectivity index (χ2v) is 11.7. The lowest BCUT2D eigenvalue weighted by atomic mass is 9.84. The van der Waals surface area contributed by atoms with E-state index in [0.29, 0.717) is 25.0 Å². The Kier molecular flexibility index (Phi) is 13.8. The van der Waals surface area contributed by atoms with Gasteiger partial charge in [-0.25, -0.2) is 4.79 Å². The third-order valence-corrected chi connectivity index (χ3v) is 8.05. The van der Waals surface area contributed by atoms with Crippen LogP contribution in [-0.4, -0.2) is 63.5 Å². The zero-order valence-electron chi connectivity index (χ0n) is 23.8. The van der Waals surface area contributed by atoms with Crippen LogP contribution in [0.4, 0.5) is 4.79 Å². The Hall–Kier alpha value is -1.63. The van der Waals surface area contributed by atoms with Crippen LogP contribution in [0.2, 0.25) is 0 Å². The molecule has 2 aliphatic rings. The highest BCUT2D eigenvalue weighted by Gasteiger charge is 2.32. The van der Waals surface area contributed by atoms with Crippen LogP contribution in [0, 0.1) is 17.8 Å². The van der Waals surface area contributed by atoms with E-state index in [9.17, 15) is 4.79 Å². The molecule has 0 spiro atoms. The van der Waals surface area contributed by atoms with Gasteiger partial charge in [-0.05, 0) is 56.0 Å². The zero-order chi connectivity index (χ0) is 26.3. The molecule has 1 aromatic rings. The first-order chi connectivity index (χ1) is 18.1.